The van der Waals surface area contributed by atoms with Crippen LogP contribution >= 0.6 is 11.8 Å². The maximum absolute atomic E-state index is 13.1. The molecule has 2 heterocycles. The van der Waals surface area contributed by atoms with E-state index in [9.17, 15) is 9.59 Å². The molecule has 0 unspecified atom stereocenters. The van der Waals surface area contributed by atoms with Crippen LogP contribution in [0.5, 0.6) is 0 Å². The molecule has 0 radical (unpaired) electrons. The summed E-state index contributed by atoms with van der Waals surface area (Å²) in [4.78, 5) is 35.6. The number of nitrogens with zero attached hydrogens (tertiary/aromatic N) is 4. The van der Waals surface area contributed by atoms with Crippen molar-refractivity contribution in [1.82, 2.24) is 19.6 Å². The molecule has 176 valence electrons. The van der Waals surface area contributed by atoms with Gasteiger partial charge in [0.05, 0.1) is 11.5 Å². The van der Waals surface area contributed by atoms with Gasteiger partial charge in [-0.15, -0.1) is 11.8 Å². The average molecular weight is 451 g/mol. The van der Waals surface area contributed by atoms with Gasteiger partial charge in [-0.2, -0.15) is 0 Å². The van der Waals surface area contributed by atoms with E-state index in [1.165, 1.54) is 0 Å². The number of likely N-dealkylation sites (tertiary alicyclic amines) is 2. The Hall–Kier alpha value is -0.790. The molecule has 0 atom stereocenters. The lowest BCUT2D eigenvalue weighted by Gasteiger charge is -2.39. The van der Waals surface area contributed by atoms with Crippen LogP contribution in [0, 0.1) is 0 Å². The number of carbonyl (C=O) groups excluding carboxylic acids is 2. The van der Waals surface area contributed by atoms with E-state index in [4.69, 9.17) is 0 Å². The van der Waals surface area contributed by atoms with Crippen LogP contribution in [-0.4, -0.2) is 106 Å². The molecule has 0 N–H and O–H groups in total. The van der Waals surface area contributed by atoms with Gasteiger partial charge in [-0.1, -0.05) is 13.8 Å². The molecular weight excluding hydrogens is 408 g/mol. The number of thioether (sulfide) groups is 1. The van der Waals surface area contributed by atoms with Crippen molar-refractivity contribution in [2.45, 2.75) is 89.4 Å². The first-order valence-corrected chi connectivity index (χ1v) is 13.9. The Bertz CT molecular complexity index is 557. The van der Waals surface area contributed by atoms with Crippen LogP contribution < -0.4 is 0 Å². The maximum Gasteiger partial charge on any atom is 0.233 e. The highest BCUT2D eigenvalue weighted by molar-refractivity contribution is 8.00. The standard InChI is InChI=1S/C24H42N4O2S/c1-3-25-13-9-21(10-14-25)27(19-5-6-19)23(29)17-31-18-24(30)28(20-7-8-20)22-11-15-26(4-2)16-12-22/h19-22H,3-18H2,1-2H3. The summed E-state index contributed by atoms with van der Waals surface area (Å²) in [6.45, 7) is 11.1. The van der Waals surface area contributed by atoms with Crippen LogP contribution in [0.1, 0.15) is 65.2 Å². The summed E-state index contributed by atoms with van der Waals surface area (Å²) < 4.78 is 0. The topological polar surface area (TPSA) is 47.1 Å². The number of hydrogen-bond donors (Lipinski definition) is 0. The zero-order valence-corrected chi connectivity index (χ0v) is 20.5. The molecular formula is C24H42N4O2S. The number of rotatable bonds is 10. The van der Waals surface area contributed by atoms with E-state index in [1.807, 2.05) is 0 Å². The van der Waals surface area contributed by atoms with Gasteiger partial charge in [-0.05, 0) is 64.5 Å². The lowest BCUT2D eigenvalue weighted by atomic mass is 10.0. The van der Waals surface area contributed by atoms with Crippen molar-refractivity contribution in [2.24, 2.45) is 0 Å². The number of carbonyl (C=O) groups is 2. The largest absolute Gasteiger partial charge is 0.336 e. The molecule has 0 aromatic heterocycles. The summed E-state index contributed by atoms with van der Waals surface area (Å²) >= 11 is 1.55. The molecule has 6 nitrogen and oxygen atoms in total. The molecule has 0 aromatic carbocycles. The number of piperidine rings is 2. The van der Waals surface area contributed by atoms with Crippen molar-refractivity contribution in [3.63, 3.8) is 0 Å². The van der Waals surface area contributed by atoms with Gasteiger partial charge in [0.15, 0.2) is 0 Å². The second-order valence-electron chi connectivity index (χ2n) is 9.89. The Morgan fingerprint density at radius 3 is 1.26 bits per heavy atom. The molecule has 2 aliphatic heterocycles. The van der Waals surface area contributed by atoms with E-state index in [1.54, 1.807) is 11.8 Å². The van der Waals surface area contributed by atoms with E-state index in [2.05, 4.69) is 33.4 Å². The van der Waals surface area contributed by atoms with Crippen LogP contribution in [0.3, 0.4) is 0 Å². The van der Waals surface area contributed by atoms with Gasteiger partial charge in [0.1, 0.15) is 0 Å². The number of hydrogen-bond acceptors (Lipinski definition) is 5. The fourth-order valence-corrected chi connectivity index (χ4v) is 6.27. The third-order valence-corrected chi connectivity index (χ3v) is 8.61. The van der Waals surface area contributed by atoms with Gasteiger partial charge < -0.3 is 19.6 Å². The minimum atomic E-state index is 0.268. The second kappa shape index (κ2) is 10.9. The van der Waals surface area contributed by atoms with Gasteiger partial charge in [0, 0.05) is 50.3 Å². The Labute approximate surface area is 193 Å². The minimum Gasteiger partial charge on any atom is -0.336 e. The highest BCUT2D eigenvalue weighted by Gasteiger charge is 2.40. The Morgan fingerprint density at radius 1 is 0.645 bits per heavy atom. The van der Waals surface area contributed by atoms with Gasteiger partial charge in [-0.25, -0.2) is 0 Å². The fourth-order valence-electron chi connectivity index (χ4n) is 5.52. The van der Waals surface area contributed by atoms with Crippen LogP contribution in [0.4, 0.5) is 0 Å². The lowest BCUT2D eigenvalue weighted by Crippen LogP contribution is -2.49. The Balaban J connectivity index is 1.24. The molecule has 7 heteroatoms. The summed E-state index contributed by atoms with van der Waals surface area (Å²) in [6, 6.07) is 1.75. The van der Waals surface area contributed by atoms with Crippen LogP contribution in [0.2, 0.25) is 0 Å². The highest BCUT2D eigenvalue weighted by atomic mass is 32.2. The lowest BCUT2D eigenvalue weighted by molar-refractivity contribution is -0.132. The fraction of sp³-hybridized carbons (Fsp3) is 0.917. The molecule has 0 bridgehead atoms. The summed E-state index contributed by atoms with van der Waals surface area (Å²) in [5.41, 5.74) is 0. The number of amides is 2. The van der Waals surface area contributed by atoms with E-state index in [0.29, 0.717) is 35.7 Å². The van der Waals surface area contributed by atoms with Crippen LogP contribution in [0.15, 0.2) is 0 Å². The monoisotopic (exact) mass is 450 g/mol. The smallest absolute Gasteiger partial charge is 0.233 e. The van der Waals surface area contributed by atoms with Gasteiger partial charge >= 0.3 is 0 Å². The molecule has 31 heavy (non-hydrogen) atoms. The molecule has 4 rings (SSSR count). The molecule has 2 aliphatic carbocycles. The summed E-state index contributed by atoms with van der Waals surface area (Å²) in [5.74, 6) is 1.46. The summed E-state index contributed by atoms with van der Waals surface area (Å²) in [6.07, 6.45) is 9.06. The average Bonchev–Trinajstić information content (AvgIpc) is 3.71. The van der Waals surface area contributed by atoms with Crippen molar-refractivity contribution in [1.29, 1.82) is 0 Å². The molecule has 4 aliphatic rings. The highest BCUT2D eigenvalue weighted by Crippen LogP contribution is 2.34. The normalized spacial score (nSPS) is 24.3. The van der Waals surface area contributed by atoms with Crippen molar-refractivity contribution >= 4 is 23.6 Å². The first-order valence-electron chi connectivity index (χ1n) is 12.8. The minimum absolute atomic E-state index is 0.268. The molecule has 0 spiro atoms. The molecule has 2 saturated heterocycles. The Kier molecular flexibility index (Phi) is 8.21. The zero-order chi connectivity index (χ0) is 21.8. The van der Waals surface area contributed by atoms with Crippen molar-refractivity contribution in [3.8, 4) is 0 Å². The van der Waals surface area contributed by atoms with Crippen molar-refractivity contribution in [3.05, 3.63) is 0 Å². The van der Waals surface area contributed by atoms with Gasteiger partial charge in [0.2, 0.25) is 11.8 Å². The summed E-state index contributed by atoms with van der Waals surface area (Å²) in [5, 5.41) is 0. The SMILES string of the molecule is CCN1CCC(N(C(=O)CSCC(=O)N(C2CC2)C2CCN(CC)CC2)C2CC2)CC1. The van der Waals surface area contributed by atoms with E-state index >= 15 is 0 Å². The van der Waals surface area contributed by atoms with E-state index in [-0.39, 0.29) is 11.8 Å². The van der Waals surface area contributed by atoms with E-state index in [0.717, 1.165) is 90.6 Å². The van der Waals surface area contributed by atoms with Gasteiger partial charge in [0.25, 0.3) is 0 Å². The maximum atomic E-state index is 13.1. The van der Waals surface area contributed by atoms with E-state index < -0.39 is 0 Å². The third kappa shape index (κ3) is 6.17. The predicted octanol–water partition coefficient (Wildman–Crippen LogP) is 2.67. The van der Waals surface area contributed by atoms with Gasteiger partial charge in [-0.3, -0.25) is 9.59 Å². The predicted molar refractivity (Wildman–Crippen MR) is 127 cm³/mol. The quantitative estimate of drug-likeness (QED) is 0.512. The molecule has 2 amide bonds. The second-order valence-corrected chi connectivity index (χ2v) is 10.9. The zero-order valence-electron chi connectivity index (χ0n) is 19.6. The molecule has 4 fully saturated rings. The first kappa shape index (κ1) is 23.4. The summed E-state index contributed by atoms with van der Waals surface area (Å²) in [7, 11) is 0. The van der Waals surface area contributed by atoms with Crippen LogP contribution in [-0.2, 0) is 9.59 Å². The van der Waals surface area contributed by atoms with Crippen molar-refractivity contribution < 1.29 is 9.59 Å². The first-order chi connectivity index (χ1) is 15.1. The van der Waals surface area contributed by atoms with Crippen molar-refractivity contribution in [2.75, 3.05) is 50.8 Å². The molecule has 2 saturated carbocycles. The van der Waals surface area contributed by atoms with Crippen LogP contribution in [0.25, 0.3) is 0 Å². The molecule has 0 aromatic rings. The Morgan fingerprint density at radius 2 is 0.968 bits per heavy atom. The third-order valence-electron chi connectivity index (χ3n) is 7.70.